The van der Waals surface area contributed by atoms with Crippen molar-refractivity contribution >= 4 is 52.5 Å². The fourth-order valence-electron chi connectivity index (χ4n) is 2.72. The Morgan fingerprint density at radius 1 is 1.19 bits per heavy atom. The lowest BCUT2D eigenvalue weighted by molar-refractivity contribution is -0.117. The van der Waals surface area contributed by atoms with Crippen molar-refractivity contribution < 1.29 is 9.59 Å². The highest BCUT2D eigenvalue weighted by molar-refractivity contribution is 8.05. The first-order chi connectivity index (χ1) is 12.9. The summed E-state index contributed by atoms with van der Waals surface area (Å²) in [6.45, 7) is 0. The van der Waals surface area contributed by atoms with Crippen molar-refractivity contribution in [3.05, 3.63) is 74.7 Å². The normalized spacial score (nSPS) is 18.3. The molecule has 136 valence electrons. The molecule has 1 aliphatic rings. The van der Waals surface area contributed by atoms with E-state index in [9.17, 15) is 14.9 Å². The number of thioether (sulfide) groups is 1. The number of hydrogen-bond donors (Lipinski definition) is 1. The first-order valence-electron chi connectivity index (χ1n) is 7.86. The minimum absolute atomic E-state index is 0.226. The highest BCUT2D eigenvalue weighted by Gasteiger charge is 2.40. The van der Waals surface area contributed by atoms with Gasteiger partial charge in [0.15, 0.2) is 0 Å². The Balaban J connectivity index is 2.04. The number of carbonyl (C=O) groups excluding carboxylic acids is 2. The Hall–Kier alpha value is -2.46. The second kappa shape index (κ2) is 8.05. The fraction of sp³-hybridized carbons (Fsp3) is 0.105. The van der Waals surface area contributed by atoms with E-state index in [4.69, 9.17) is 28.9 Å². The van der Waals surface area contributed by atoms with Gasteiger partial charge in [-0.2, -0.15) is 5.26 Å². The third kappa shape index (κ3) is 3.81. The van der Waals surface area contributed by atoms with Crippen molar-refractivity contribution in [3.63, 3.8) is 0 Å². The second-order valence-corrected chi connectivity index (χ2v) is 7.67. The standard InChI is InChI=1S/C19H13Cl2N3O2S/c20-14-8-4-5-11(16(14)21)9-15-18(26)24(12-6-2-1-3-7-12)19(27-15)13(10-22)17(23)25/h1-8,15H,9H2,(H2,23,25)/b19-13-/t15-/m0/s1. The van der Waals surface area contributed by atoms with Crippen LogP contribution in [0, 0.1) is 11.3 Å². The summed E-state index contributed by atoms with van der Waals surface area (Å²) in [6, 6.07) is 15.8. The Kier molecular flexibility index (Phi) is 5.76. The smallest absolute Gasteiger partial charge is 0.262 e. The fourth-order valence-corrected chi connectivity index (χ4v) is 4.42. The third-order valence-corrected chi connectivity index (χ3v) is 6.10. The van der Waals surface area contributed by atoms with E-state index < -0.39 is 11.2 Å². The number of benzene rings is 2. The zero-order valence-electron chi connectivity index (χ0n) is 13.9. The molecule has 0 radical (unpaired) electrons. The van der Waals surface area contributed by atoms with Gasteiger partial charge in [0.1, 0.15) is 16.7 Å². The van der Waals surface area contributed by atoms with Gasteiger partial charge in [-0.15, -0.1) is 0 Å². The van der Waals surface area contributed by atoms with Crippen molar-refractivity contribution in [3.8, 4) is 6.07 Å². The number of rotatable bonds is 4. The van der Waals surface area contributed by atoms with Crippen LogP contribution >= 0.6 is 35.0 Å². The van der Waals surface area contributed by atoms with E-state index in [1.165, 1.54) is 4.90 Å². The number of nitrogens with two attached hydrogens (primary N) is 1. The summed E-state index contributed by atoms with van der Waals surface area (Å²) in [5, 5.41) is 9.80. The summed E-state index contributed by atoms with van der Waals surface area (Å²) in [4.78, 5) is 26.2. The average Bonchev–Trinajstić information content (AvgIpc) is 2.96. The lowest BCUT2D eigenvalue weighted by Gasteiger charge is -2.18. The minimum Gasteiger partial charge on any atom is -0.365 e. The van der Waals surface area contributed by atoms with Crippen LogP contribution in [0.4, 0.5) is 5.69 Å². The topological polar surface area (TPSA) is 87.2 Å². The van der Waals surface area contributed by atoms with Crippen LogP contribution in [0.5, 0.6) is 0 Å². The first kappa shape index (κ1) is 19.3. The number of hydrogen-bond acceptors (Lipinski definition) is 4. The number of nitriles is 1. The maximum atomic E-state index is 13.1. The number of anilines is 1. The van der Waals surface area contributed by atoms with Crippen LogP contribution in [0.25, 0.3) is 0 Å². The van der Waals surface area contributed by atoms with Crippen LogP contribution in [-0.2, 0) is 16.0 Å². The van der Waals surface area contributed by atoms with Crippen molar-refractivity contribution in [1.29, 1.82) is 5.26 Å². The Morgan fingerprint density at radius 3 is 2.52 bits per heavy atom. The van der Waals surface area contributed by atoms with Gasteiger partial charge < -0.3 is 5.73 Å². The van der Waals surface area contributed by atoms with E-state index >= 15 is 0 Å². The molecule has 8 heteroatoms. The monoisotopic (exact) mass is 417 g/mol. The number of primary amides is 1. The van der Waals surface area contributed by atoms with Crippen molar-refractivity contribution in [2.75, 3.05) is 4.90 Å². The molecule has 1 atom stereocenters. The minimum atomic E-state index is -0.879. The van der Waals surface area contributed by atoms with Crippen LogP contribution in [0.1, 0.15) is 5.56 Å². The largest absolute Gasteiger partial charge is 0.365 e. The SMILES string of the molecule is N#C/C(C(N)=O)=C1/S[C@@H](Cc2cccc(Cl)c2Cl)C(=O)N1c1ccccc1. The molecule has 5 nitrogen and oxygen atoms in total. The van der Waals surface area contributed by atoms with Gasteiger partial charge in [0.2, 0.25) is 5.91 Å². The predicted molar refractivity (Wildman–Crippen MR) is 107 cm³/mol. The molecule has 0 unspecified atom stereocenters. The van der Waals surface area contributed by atoms with Gasteiger partial charge in [0.25, 0.3) is 5.91 Å². The van der Waals surface area contributed by atoms with E-state index in [0.29, 0.717) is 27.7 Å². The van der Waals surface area contributed by atoms with E-state index in [1.54, 1.807) is 42.5 Å². The number of amides is 2. The molecule has 0 aromatic heterocycles. The summed E-state index contributed by atoms with van der Waals surface area (Å²) in [7, 11) is 0. The molecule has 2 N–H and O–H groups in total. The molecular weight excluding hydrogens is 405 g/mol. The second-order valence-electron chi connectivity index (χ2n) is 5.69. The van der Waals surface area contributed by atoms with Crippen LogP contribution < -0.4 is 10.6 Å². The first-order valence-corrected chi connectivity index (χ1v) is 9.50. The maximum absolute atomic E-state index is 13.1. The molecule has 0 bridgehead atoms. The van der Waals surface area contributed by atoms with Gasteiger partial charge in [-0.25, -0.2) is 0 Å². The molecule has 2 aromatic carbocycles. The summed E-state index contributed by atoms with van der Waals surface area (Å²) >= 11 is 13.4. The van der Waals surface area contributed by atoms with Gasteiger partial charge >= 0.3 is 0 Å². The van der Waals surface area contributed by atoms with Crippen molar-refractivity contribution in [2.45, 2.75) is 11.7 Å². The van der Waals surface area contributed by atoms with Crippen molar-refractivity contribution in [1.82, 2.24) is 0 Å². The zero-order chi connectivity index (χ0) is 19.6. The van der Waals surface area contributed by atoms with Crippen LogP contribution in [-0.4, -0.2) is 17.1 Å². The Bertz CT molecular complexity index is 986. The third-order valence-electron chi connectivity index (χ3n) is 3.98. The molecule has 2 aromatic rings. The molecule has 1 aliphatic heterocycles. The van der Waals surface area contributed by atoms with Gasteiger partial charge in [0.05, 0.1) is 15.3 Å². The average molecular weight is 418 g/mol. The molecule has 1 saturated heterocycles. The van der Waals surface area contributed by atoms with Crippen LogP contribution in [0.3, 0.4) is 0 Å². The molecule has 0 aliphatic carbocycles. The molecule has 3 rings (SSSR count). The number of nitrogens with zero attached hydrogens (tertiary/aromatic N) is 2. The lowest BCUT2D eigenvalue weighted by Crippen LogP contribution is -2.31. The summed E-state index contributed by atoms with van der Waals surface area (Å²) in [5.41, 5.74) is 6.36. The van der Waals surface area contributed by atoms with Crippen LogP contribution in [0.2, 0.25) is 10.0 Å². The van der Waals surface area contributed by atoms with Gasteiger partial charge in [-0.05, 0) is 30.2 Å². The van der Waals surface area contributed by atoms with Gasteiger partial charge in [-0.3, -0.25) is 14.5 Å². The molecule has 27 heavy (non-hydrogen) atoms. The zero-order valence-corrected chi connectivity index (χ0v) is 16.2. The molecule has 1 fully saturated rings. The van der Waals surface area contributed by atoms with Gasteiger partial charge in [-0.1, -0.05) is 65.3 Å². The van der Waals surface area contributed by atoms with Gasteiger partial charge in [0, 0.05) is 5.69 Å². The quantitative estimate of drug-likeness (QED) is 0.603. The summed E-state index contributed by atoms with van der Waals surface area (Å²) in [5.74, 6) is -1.14. The highest BCUT2D eigenvalue weighted by Crippen LogP contribution is 2.42. The number of para-hydroxylation sites is 1. The van der Waals surface area contributed by atoms with E-state index in [1.807, 2.05) is 12.1 Å². The molecule has 0 saturated carbocycles. The van der Waals surface area contributed by atoms with Crippen LogP contribution in [0.15, 0.2) is 59.1 Å². The summed E-state index contributed by atoms with van der Waals surface area (Å²) < 4.78 is 0. The maximum Gasteiger partial charge on any atom is 0.262 e. The van der Waals surface area contributed by atoms with E-state index in [0.717, 1.165) is 11.8 Å². The lowest BCUT2D eigenvalue weighted by atomic mass is 10.1. The molecule has 1 heterocycles. The number of carbonyl (C=O) groups is 2. The van der Waals surface area contributed by atoms with Crippen molar-refractivity contribution in [2.24, 2.45) is 5.73 Å². The highest BCUT2D eigenvalue weighted by atomic mass is 35.5. The number of halogens is 2. The molecular formula is C19H13Cl2N3O2S. The molecule has 0 spiro atoms. The Labute approximate surface area is 170 Å². The van der Waals surface area contributed by atoms with E-state index in [2.05, 4.69) is 0 Å². The predicted octanol–water partition coefficient (Wildman–Crippen LogP) is 3.90. The molecule has 2 amide bonds. The van der Waals surface area contributed by atoms with E-state index in [-0.39, 0.29) is 16.5 Å². The summed E-state index contributed by atoms with van der Waals surface area (Å²) in [6.07, 6.45) is 0.299. The Morgan fingerprint density at radius 2 is 1.89 bits per heavy atom.